The topological polar surface area (TPSA) is 43.3 Å². The van der Waals surface area contributed by atoms with Crippen LogP contribution in [0.1, 0.15) is 29.0 Å². The van der Waals surface area contributed by atoms with Gasteiger partial charge in [-0.3, -0.25) is 4.79 Å². The number of aryl methyl sites for hydroxylation is 1. The number of methoxy groups -OCH3 is 1. The van der Waals surface area contributed by atoms with Gasteiger partial charge in [-0.05, 0) is 46.6 Å². The van der Waals surface area contributed by atoms with E-state index in [1.165, 1.54) is 0 Å². The van der Waals surface area contributed by atoms with Gasteiger partial charge < -0.3 is 14.6 Å². The fourth-order valence-electron chi connectivity index (χ4n) is 2.00. The fourth-order valence-corrected chi connectivity index (χ4v) is 2.52. The first-order chi connectivity index (χ1) is 9.51. The minimum absolute atomic E-state index is 0.0675. The Labute approximate surface area is 126 Å². The van der Waals surface area contributed by atoms with Gasteiger partial charge in [0.25, 0.3) is 5.91 Å². The largest absolute Gasteiger partial charge is 0.497 e. The summed E-state index contributed by atoms with van der Waals surface area (Å²) in [4.78, 5) is 12.2. The number of nitrogens with zero attached hydrogens (tertiary/aromatic N) is 1. The zero-order chi connectivity index (χ0) is 14.7. The van der Waals surface area contributed by atoms with Gasteiger partial charge in [-0.25, -0.2) is 0 Å². The van der Waals surface area contributed by atoms with Crippen LogP contribution < -0.4 is 10.1 Å². The number of carbonyl (C=O) groups is 1. The molecule has 0 saturated carbocycles. The van der Waals surface area contributed by atoms with Crippen LogP contribution in [0.15, 0.2) is 41.0 Å². The number of hydrogen-bond acceptors (Lipinski definition) is 2. The average Bonchev–Trinajstić information content (AvgIpc) is 2.78. The smallest absolute Gasteiger partial charge is 0.268 e. The van der Waals surface area contributed by atoms with Crippen molar-refractivity contribution in [2.75, 3.05) is 7.11 Å². The van der Waals surface area contributed by atoms with Crippen molar-refractivity contribution in [1.82, 2.24) is 9.88 Å². The van der Waals surface area contributed by atoms with Gasteiger partial charge in [-0.2, -0.15) is 0 Å². The maximum Gasteiger partial charge on any atom is 0.268 e. The van der Waals surface area contributed by atoms with E-state index in [1.807, 2.05) is 44.4 Å². The predicted octanol–water partition coefficient (Wildman–Crippen LogP) is 3.29. The molecule has 1 aromatic carbocycles. The van der Waals surface area contributed by atoms with E-state index in [2.05, 4.69) is 21.2 Å². The Kier molecular flexibility index (Phi) is 4.49. The summed E-state index contributed by atoms with van der Waals surface area (Å²) in [6.07, 6.45) is 1.85. The van der Waals surface area contributed by atoms with Gasteiger partial charge in [0.1, 0.15) is 11.4 Å². The third kappa shape index (κ3) is 3.22. The summed E-state index contributed by atoms with van der Waals surface area (Å²) in [5.74, 6) is 0.708. The summed E-state index contributed by atoms with van der Waals surface area (Å²) in [5.41, 5.74) is 1.66. The van der Waals surface area contributed by atoms with E-state index in [-0.39, 0.29) is 11.9 Å². The van der Waals surface area contributed by atoms with E-state index in [0.717, 1.165) is 15.8 Å². The van der Waals surface area contributed by atoms with E-state index in [0.29, 0.717) is 5.69 Å². The lowest BCUT2D eigenvalue weighted by Crippen LogP contribution is -2.28. The van der Waals surface area contributed by atoms with Crippen molar-refractivity contribution in [3.8, 4) is 5.75 Å². The third-order valence-electron chi connectivity index (χ3n) is 3.17. The van der Waals surface area contributed by atoms with Gasteiger partial charge in [0.2, 0.25) is 0 Å². The van der Waals surface area contributed by atoms with Crippen LogP contribution in [0.2, 0.25) is 0 Å². The Hall–Kier alpha value is -1.75. The number of benzene rings is 1. The molecule has 0 fully saturated rings. The number of ether oxygens (including phenoxy) is 1. The molecule has 1 unspecified atom stereocenters. The lowest BCUT2D eigenvalue weighted by molar-refractivity contribution is 0.0931. The van der Waals surface area contributed by atoms with E-state index < -0.39 is 0 Å². The van der Waals surface area contributed by atoms with Crippen LogP contribution in [0.25, 0.3) is 0 Å². The second-order valence-electron chi connectivity index (χ2n) is 4.62. The summed E-state index contributed by atoms with van der Waals surface area (Å²) in [7, 11) is 3.48. The van der Waals surface area contributed by atoms with Crippen molar-refractivity contribution in [2.24, 2.45) is 7.05 Å². The molecular weight excluding hydrogens is 320 g/mol. The molecule has 20 heavy (non-hydrogen) atoms. The standard InChI is InChI=1S/C15H17BrN2O2/c1-10(11-4-6-13(20-3)7-5-11)17-15(19)14-8-12(16)9-18(14)2/h4-10H,1-3H3,(H,17,19). The number of halogens is 1. The molecule has 0 spiro atoms. The number of nitrogens with one attached hydrogen (secondary N) is 1. The molecule has 0 bridgehead atoms. The molecule has 0 aliphatic carbocycles. The predicted molar refractivity (Wildman–Crippen MR) is 82.0 cm³/mol. The van der Waals surface area contributed by atoms with Crippen molar-refractivity contribution in [2.45, 2.75) is 13.0 Å². The van der Waals surface area contributed by atoms with Gasteiger partial charge in [-0.1, -0.05) is 12.1 Å². The second-order valence-corrected chi connectivity index (χ2v) is 5.54. The molecule has 0 saturated heterocycles. The van der Waals surface area contributed by atoms with Crippen LogP contribution in [0.4, 0.5) is 0 Å². The van der Waals surface area contributed by atoms with Crippen LogP contribution in [0.3, 0.4) is 0 Å². The number of rotatable bonds is 4. The van der Waals surface area contributed by atoms with Gasteiger partial charge in [0, 0.05) is 17.7 Å². The van der Waals surface area contributed by atoms with Crippen molar-refractivity contribution < 1.29 is 9.53 Å². The highest BCUT2D eigenvalue weighted by Crippen LogP contribution is 2.19. The first kappa shape index (κ1) is 14.7. The van der Waals surface area contributed by atoms with Crippen LogP contribution in [0.5, 0.6) is 5.75 Å². The normalized spacial score (nSPS) is 12.0. The van der Waals surface area contributed by atoms with Gasteiger partial charge in [-0.15, -0.1) is 0 Å². The summed E-state index contributed by atoms with van der Waals surface area (Å²) in [6, 6.07) is 9.40. The number of aromatic nitrogens is 1. The van der Waals surface area contributed by atoms with E-state index >= 15 is 0 Å². The lowest BCUT2D eigenvalue weighted by Gasteiger charge is -2.15. The summed E-state index contributed by atoms with van der Waals surface area (Å²) in [5, 5.41) is 2.98. The molecule has 4 nitrogen and oxygen atoms in total. The molecule has 0 aliphatic heterocycles. The Balaban J connectivity index is 2.08. The summed E-state index contributed by atoms with van der Waals surface area (Å²) >= 11 is 3.36. The Morgan fingerprint density at radius 1 is 1.35 bits per heavy atom. The first-order valence-corrected chi connectivity index (χ1v) is 7.07. The van der Waals surface area contributed by atoms with Gasteiger partial charge >= 0.3 is 0 Å². The maximum absolute atomic E-state index is 12.2. The molecule has 1 atom stereocenters. The molecule has 1 heterocycles. The molecule has 1 N–H and O–H groups in total. The minimum atomic E-state index is -0.0958. The Bertz CT molecular complexity index is 605. The van der Waals surface area contributed by atoms with Gasteiger partial charge in [0.15, 0.2) is 0 Å². The van der Waals surface area contributed by atoms with Crippen molar-refractivity contribution in [3.05, 3.63) is 52.3 Å². The highest BCUT2D eigenvalue weighted by atomic mass is 79.9. The van der Waals surface area contributed by atoms with Crippen molar-refractivity contribution >= 4 is 21.8 Å². The third-order valence-corrected chi connectivity index (χ3v) is 3.60. The number of hydrogen-bond donors (Lipinski definition) is 1. The number of carbonyl (C=O) groups excluding carboxylic acids is 1. The zero-order valence-corrected chi connectivity index (χ0v) is 13.3. The van der Waals surface area contributed by atoms with Crippen LogP contribution in [-0.2, 0) is 7.05 Å². The van der Waals surface area contributed by atoms with E-state index in [9.17, 15) is 4.79 Å². The van der Waals surface area contributed by atoms with Crippen LogP contribution in [0, 0.1) is 0 Å². The molecule has 0 radical (unpaired) electrons. The van der Waals surface area contributed by atoms with Crippen molar-refractivity contribution in [1.29, 1.82) is 0 Å². The molecule has 0 aliphatic rings. The van der Waals surface area contributed by atoms with E-state index in [1.54, 1.807) is 17.7 Å². The highest BCUT2D eigenvalue weighted by molar-refractivity contribution is 9.10. The first-order valence-electron chi connectivity index (χ1n) is 6.28. The second kappa shape index (κ2) is 6.13. The molecular formula is C15H17BrN2O2. The molecule has 106 valence electrons. The molecule has 1 amide bonds. The van der Waals surface area contributed by atoms with Crippen LogP contribution >= 0.6 is 15.9 Å². The SMILES string of the molecule is COc1ccc(C(C)NC(=O)c2cc(Br)cn2C)cc1. The molecule has 5 heteroatoms. The fraction of sp³-hybridized carbons (Fsp3) is 0.267. The monoisotopic (exact) mass is 336 g/mol. The number of amides is 1. The van der Waals surface area contributed by atoms with Gasteiger partial charge in [0.05, 0.1) is 13.2 Å². The zero-order valence-electron chi connectivity index (χ0n) is 11.7. The molecule has 2 aromatic rings. The Morgan fingerprint density at radius 2 is 2.00 bits per heavy atom. The highest BCUT2D eigenvalue weighted by Gasteiger charge is 2.14. The minimum Gasteiger partial charge on any atom is -0.497 e. The lowest BCUT2D eigenvalue weighted by atomic mass is 10.1. The average molecular weight is 337 g/mol. The molecule has 2 rings (SSSR count). The van der Waals surface area contributed by atoms with Crippen molar-refractivity contribution in [3.63, 3.8) is 0 Å². The maximum atomic E-state index is 12.2. The Morgan fingerprint density at radius 3 is 2.50 bits per heavy atom. The van der Waals surface area contributed by atoms with Crippen LogP contribution in [-0.4, -0.2) is 17.6 Å². The summed E-state index contributed by atoms with van der Waals surface area (Å²) in [6.45, 7) is 1.96. The van der Waals surface area contributed by atoms with E-state index in [4.69, 9.17) is 4.74 Å². The summed E-state index contributed by atoms with van der Waals surface area (Å²) < 4.78 is 7.80. The molecule has 1 aromatic heterocycles. The quantitative estimate of drug-likeness (QED) is 0.930.